The molecule has 0 saturated carbocycles. The van der Waals surface area contributed by atoms with Gasteiger partial charge in [-0.1, -0.05) is 18.2 Å². The van der Waals surface area contributed by atoms with Crippen molar-refractivity contribution < 1.29 is 13.9 Å². The molecule has 1 aliphatic heterocycles. The summed E-state index contributed by atoms with van der Waals surface area (Å²) in [5.74, 6) is 0.246. The van der Waals surface area contributed by atoms with Crippen molar-refractivity contribution in [1.82, 2.24) is 29.5 Å². The molecule has 11 heteroatoms. The summed E-state index contributed by atoms with van der Waals surface area (Å²) in [6.45, 7) is 4.71. The van der Waals surface area contributed by atoms with E-state index in [1.165, 1.54) is 12.4 Å². The van der Waals surface area contributed by atoms with Crippen LogP contribution in [-0.2, 0) is 11.3 Å². The van der Waals surface area contributed by atoms with Gasteiger partial charge in [-0.3, -0.25) is 4.79 Å². The van der Waals surface area contributed by atoms with Crippen LogP contribution < -0.4 is 10.5 Å². The molecule has 2 aromatic carbocycles. The summed E-state index contributed by atoms with van der Waals surface area (Å²) >= 11 is 0. The van der Waals surface area contributed by atoms with Crippen LogP contribution >= 0.6 is 0 Å². The summed E-state index contributed by atoms with van der Waals surface area (Å²) < 4.78 is 22.9. The molecule has 216 valence electrons. The van der Waals surface area contributed by atoms with Crippen molar-refractivity contribution in [3.8, 4) is 28.8 Å². The molecule has 1 fully saturated rings. The molecule has 42 heavy (non-hydrogen) atoms. The Morgan fingerprint density at radius 1 is 1.21 bits per heavy atom. The first-order valence-electron chi connectivity index (χ1n) is 13.7. The summed E-state index contributed by atoms with van der Waals surface area (Å²) in [4.78, 5) is 25.7. The summed E-state index contributed by atoms with van der Waals surface area (Å²) in [7, 11) is 3.80. The molecule has 0 bridgehead atoms. The minimum Gasteiger partial charge on any atom is -0.457 e. The van der Waals surface area contributed by atoms with Gasteiger partial charge < -0.3 is 20.3 Å². The van der Waals surface area contributed by atoms with E-state index in [0.29, 0.717) is 41.3 Å². The number of halogens is 1. The van der Waals surface area contributed by atoms with Gasteiger partial charge in [-0.15, -0.1) is 0 Å². The number of likely N-dealkylation sites (tertiary alicyclic amines) is 1. The number of nitrogens with zero attached hydrogens (tertiary/aromatic N) is 7. The fraction of sp³-hybridized carbons (Fsp3) is 0.323. The lowest BCUT2D eigenvalue weighted by Gasteiger charge is -2.30. The van der Waals surface area contributed by atoms with Crippen molar-refractivity contribution in [2.45, 2.75) is 44.8 Å². The lowest BCUT2D eigenvalue weighted by Crippen LogP contribution is -2.41. The number of fused-ring (bicyclic) bond motifs is 1. The normalized spacial score (nSPS) is 15.8. The van der Waals surface area contributed by atoms with Crippen molar-refractivity contribution in [1.29, 1.82) is 5.26 Å². The van der Waals surface area contributed by atoms with Gasteiger partial charge in [-0.2, -0.15) is 10.4 Å². The highest BCUT2D eigenvalue weighted by atomic mass is 19.1. The van der Waals surface area contributed by atoms with E-state index in [4.69, 9.17) is 15.6 Å². The number of rotatable bonds is 8. The molecule has 1 amide bonds. The maximum Gasteiger partial charge on any atom is 0.264 e. The number of amides is 1. The maximum absolute atomic E-state index is 15.5. The molecular formula is C31H33FN8O2. The Labute approximate surface area is 243 Å². The van der Waals surface area contributed by atoms with Gasteiger partial charge in [0.1, 0.15) is 46.8 Å². The number of ether oxygens (including phenoxy) is 1. The first-order valence-corrected chi connectivity index (χ1v) is 13.7. The molecule has 10 nitrogen and oxygen atoms in total. The summed E-state index contributed by atoms with van der Waals surface area (Å²) in [5, 5.41) is 15.0. The molecule has 3 heterocycles. The van der Waals surface area contributed by atoms with Crippen LogP contribution in [0.15, 0.2) is 66.5 Å². The smallest absolute Gasteiger partial charge is 0.264 e. The number of hydrogen-bond donors (Lipinski definition) is 1. The third-order valence-electron chi connectivity index (χ3n) is 7.76. The predicted molar refractivity (Wildman–Crippen MR) is 158 cm³/mol. The summed E-state index contributed by atoms with van der Waals surface area (Å²) in [6, 6.07) is 15.5. The molecule has 1 atom stereocenters. The standard InChI is InChI=1S/C31H33FN8O2/c1-31(2,38(3)4)16-20(17-33)30(41)39-14-8-9-21(39)18-40-29-26(28(34)35-19-36-29)27(37-40)24-13-12-23(15-25(24)32)42-22-10-6-5-7-11-22/h5-7,10-13,15-16,19,21H,8-9,14,18H2,1-4H3,(H2,34,35,36)/t21-/m0/s1. The van der Waals surface area contributed by atoms with Crippen molar-refractivity contribution in [2.75, 3.05) is 26.4 Å². The Morgan fingerprint density at radius 2 is 1.98 bits per heavy atom. The third-order valence-corrected chi connectivity index (χ3v) is 7.76. The molecule has 5 rings (SSSR count). The number of aromatic nitrogens is 4. The van der Waals surface area contributed by atoms with Crippen LogP contribution in [0.3, 0.4) is 0 Å². The van der Waals surface area contributed by atoms with Crippen LogP contribution in [0, 0.1) is 17.1 Å². The number of nitrogen functional groups attached to an aromatic ring is 1. The van der Waals surface area contributed by atoms with Crippen molar-refractivity contribution >= 4 is 22.8 Å². The quantitative estimate of drug-likeness (QED) is 0.238. The Bertz CT molecular complexity index is 1690. The average Bonchev–Trinajstić information content (AvgIpc) is 3.58. The van der Waals surface area contributed by atoms with E-state index < -0.39 is 11.4 Å². The van der Waals surface area contributed by atoms with Crippen LogP contribution in [0.4, 0.5) is 10.2 Å². The molecule has 2 aromatic heterocycles. The second-order valence-corrected chi connectivity index (χ2v) is 11.1. The number of nitriles is 1. The number of carbonyl (C=O) groups is 1. The van der Waals surface area contributed by atoms with E-state index in [1.54, 1.807) is 39.9 Å². The van der Waals surface area contributed by atoms with Crippen molar-refractivity contribution in [3.05, 3.63) is 72.3 Å². The van der Waals surface area contributed by atoms with Gasteiger partial charge in [-0.05, 0) is 71.1 Å². The van der Waals surface area contributed by atoms with Crippen LogP contribution in [0.5, 0.6) is 11.5 Å². The number of benzene rings is 2. The number of anilines is 1. The molecule has 4 aromatic rings. The number of carbonyl (C=O) groups excluding carboxylic acids is 1. The Morgan fingerprint density at radius 3 is 2.67 bits per heavy atom. The fourth-order valence-corrected chi connectivity index (χ4v) is 4.99. The topological polar surface area (TPSA) is 126 Å². The van der Waals surface area contributed by atoms with Crippen molar-refractivity contribution in [3.63, 3.8) is 0 Å². The lowest BCUT2D eigenvalue weighted by molar-refractivity contribution is -0.127. The molecule has 1 saturated heterocycles. The Balaban J connectivity index is 1.46. The van der Waals surface area contributed by atoms with Crippen LogP contribution in [0.1, 0.15) is 26.7 Å². The number of nitrogens with two attached hydrogens (primary N) is 1. The van der Waals surface area contributed by atoms with E-state index in [1.807, 2.05) is 51.0 Å². The number of para-hydroxylation sites is 1. The Hall–Kier alpha value is -4.82. The van der Waals surface area contributed by atoms with E-state index in [-0.39, 0.29) is 28.9 Å². The molecule has 0 unspecified atom stereocenters. The lowest BCUT2D eigenvalue weighted by atomic mass is 9.99. The molecule has 2 N–H and O–H groups in total. The minimum atomic E-state index is -0.539. The van der Waals surface area contributed by atoms with Gasteiger partial charge in [0.2, 0.25) is 0 Å². The van der Waals surface area contributed by atoms with E-state index in [2.05, 4.69) is 16.0 Å². The fourth-order valence-electron chi connectivity index (χ4n) is 4.99. The van der Waals surface area contributed by atoms with Gasteiger partial charge in [-0.25, -0.2) is 19.0 Å². The maximum atomic E-state index is 15.5. The average molecular weight is 569 g/mol. The molecule has 0 spiro atoms. The van der Waals surface area contributed by atoms with Gasteiger partial charge in [0, 0.05) is 23.7 Å². The molecule has 0 aliphatic carbocycles. The zero-order valence-corrected chi connectivity index (χ0v) is 24.1. The monoisotopic (exact) mass is 568 g/mol. The van der Waals surface area contributed by atoms with Crippen molar-refractivity contribution in [2.24, 2.45) is 0 Å². The number of likely N-dealkylation sites (N-methyl/N-ethyl adjacent to an activating group) is 1. The van der Waals surface area contributed by atoms with Gasteiger partial charge in [0.05, 0.1) is 18.0 Å². The van der Waals surface area contributed by atoms with E-state index in [0.717, 1.165) is 12.8 Å². The highest BCUT2D eigenvalue weighted by Gasteiger charge is 2.33. The predicted octanol–water partition coefficient (Wildman–Crippen LogP) is 4.79. The molecular weight excluding hydrogens is 535 g/mol. The first-order chi connectivity index (χ1) is 20.1. The largest absolute Gasteiger partial charge is 0.457 e. The van der Waals surface area contributed by atoms with Gasteiger partial charge in [0.25, 0.3) is 5.91 Å². The van der Waals surface area contributed by atoms with Gasteiger partial charge in [0.15, 0.2) is 5.65 Å². The summed E-state index contributed by atoms with van der Waals surface area (Å²) in [5.41, 5.74) is 6.82. The minimum absolute atomic E-state index is 0.0954. The SMILES string of the molecule is CN(C)C(C)(C)C=C(C#N)C(=O)N1CCC[C@H]1Cn1nc(-c2ccc(Oc3ccccc3)cc2F)c2c(N)ncnc21. The van der Waals surface area contributed by atoms with Crippen LogP contribution in [0.2, 0.25) is 0 Å². The van der Waals surface area contributed by atoms with E-state index >= 15 is 4.39 Å². The second-order valence-electron chi connectivity index (χ2n) is 11.1. The van der Waals surface area contributed by atoms with Gasteiger partial charge >= 0.3 is 0 Å². The third kappa shape index (κ3) is 5.66. The highest BCUT2D eigenvalue weighted by molar-refractivity contribution is 5.99. The number of hydrogen-bond acceptors (Lipinski definition) is 8. The zero-order chi connectivity index (χ0) is 30.0. The second kappa shape index (κ2) is 11.6. The molecule has 1 aliphatic rings. The first kappa shape index (κ1) is 28.7. The molecule has 0 radical (unpaired) electrons. The Kier molecular flexibility index (Phi) is 7.91. The summed E-state index contributed by atoms with van der Waals surface area (Å²) in [6.07, 6.45) is 4.55. The zero-order valence-electron chi connectivity index (χ0n) is 24.1. The highest BCUT2D eigenvalue weighted by Crippen LogP contribution is 2.35. The van der Waals surface area contributed by atoms with Crippen LogP contribution in [0.25, 0.3) is 22.3 Å². The van der Waals surface area contributed by atoms with E-state index in [9.17, 15) is 10.1 Å². The van der Waals surface area contributed by atoms with Crippen LogP contribution in [-0.4, -0.2) is 67.7 Å².